The van der Waals surface area contributed by atoms with E-state index in [9.17, 15) is 18.0 Å². The van der Waals surface area contributed by atoms with Gasteiger partial charge in [0.25, 0.3) is 10.0 Å². The maximum Gasteiger partial charge on any atom is 0.264 e. The third-order valence-corrected chi connectivity index (χ3v) is 9.38. The summed E-state index contributed by atoms with van der Waals surface area (Å²) in [5.74, 6) is -0.838. The number of sulfonamides is 1. The number of likely N-dealkylation sites (N-methyl/N-ethyl adjacent to an activating group) is 1. The topological polar surface area (TPSA) is 86.8 Å². The van der Waals surface area contributed by atoms with Crippen LogP contribution in [0.1, 0.15) is 22.3 Å². The lowest BCUT2D eigenvalue weighted by Gasteiger charge is -2.34. The van der Waals surface area contributed by atoms with E-state index in [1.54, 1.807) is 36.4 Å². The van der Waals surface area contributed by atoms with E-state index in [4.69, 9.17) is 0 Å². The summed E-state index contributed by atoms with van der Waals surface area (Å²) in [5.41, 5.74) is 3.95. The van der Waals surface area contributed by atoms with Crippen LogP contribution in [0.5, 0.6) is 0 Å². The second kappa shape index (κ2) is 13.8. The summed E-state index contributed by atoms with van der Waals surface area (Å²) < 4.78 is 29.9. The molecule has 0 aliphatic carbocycles. The van der Waals surface area contributed by atoms with Crippen molar-refractivity contribution in [3.8, 4) is 0 Å². The number of rotatable bonds is 11. The van der Waals surface area contributed by atoms with Crippen molar-refractivity contribution in [3.05, 3.63) is 130 Å². The summed E-state index contributed by atoms with van der Waals surface area (Å²) in [6, 6.07) is 29.6. The number of halogens is 1. The Balaban J connectivity index is 1.80. The first-order valence-electron chi connectivity index (χ1n) is 13.5. The number of amides is 2. The number of hydrogen-bond donors (Lipinski definition) is 1. The highest BCUT2D eigenvalue weighted by molar-refractivity contribution is 9.10. The van der Waals surface area contributed by atoms with Crippen molar-refractivity contribution < 1.29 is 18.0 Å². The van der Waals surface area contributed by atoms with Crippen LogP contribution in [0.3, 0.4) is 0 Å². The van der Waals surface area contributed by atoms with Crippen LogP contribution in [0.4, 0.5) is 5.69 Å². The minimum absolute atomic E-state index is 0.0680. The zero-order valence-corrected chi connectivity index (χ0v) is 26.2. The van der Waals surface area contributed by atoms with Crippen LogP contribution in [-0.4, -0.2) is 44.8 Å². The van der Waals surface area contributed by atoms with Crippen LogP contribution in [-0.2, 0) is 32.6 Å². The predicted octanol–water partition coefficient (Wildman–Crippen LogP) is 5.65. The molecule has 0 unspecified atom stereocenters. The number of benzene rings is 4. The van der Waals surface area contributed by atoms with Crippen LogP contribution in [0, 0.1) is 13.8 Å². The Hall–Kier alpha value is -3.95. The van der Waals surface area contributed by atoms with Crippen molar-refractivity contribution in [3.63, 3.8) is 0 Å². The van der Waals surface area contributed by atoms with Gasteiger partial charge >= 0.3 is 0 Å². The minimum Gasteiger partial charge on any atom is -0.357 e. The van der Waals surface area contributed by atoms with Gasteiger partial charge in [0.1, 0.15) is 12.6 Å². The van der Waals surface area contributed by atoms with Gasteiger partial charge in [0.05, 0.1) is 10.6 Å². The average molecular weight is 649 g/mol. The van der Waals surface area contributed by atoms with Crippen molar-refractivity contribution in [2.75, 3.05) is 17.9 Å². The molecule has 2 amide bonds. The van der Waals surface area contributed by atoms with Gasteiger partial charge in [0, 0.05) is 24.5 Å². The first-order chi connectivity index (χ1) is 20.1. The van der Waals surface area contributed by atoms with Gasteiger partial charge < -0.3 is 10.2 Å². The summed E-state index contributed by atoms with van der Waals surface area (Å²) in [5, 5.41) is 2.70. The van der Waals surface area contributed by atoms with Crippen LogP contribution >= 0.6 is 15.9 Å². The fourth-order valence-electron chi connectivity index (χ4n) is 4.69. The molecule has 218 valence electrons. The Labute approximate surface area is 256 Å². The standard InChI is InChI=1S/C33H34BrN3O4S/c1-24-16-18-30(19-17-24)42(40,41)37(29-15-9-14-28(34)21-29)23-32(38)36(22-27-13-8-7-10-25(27)2)31(33(39)35-3)20-26-11-5-4-6-12-26/h4-19,21,31H,20,22-23H2,1-3H3,(H,35,39)/t31-/m1/s1. The number of nitrogens with one attached hydrogen (secondary N) is 1. The lowest BCUT2D eigenvalue weighted by atomic mass is 10.0. The Bertz CT molecular complexity index is 1640. The molecule has 0 heterocycles. The van der Waals surface area contributed by atoms with Gasteiger partial charge in [-0.2, -0.15) is 0 Å². The molecule has 0 aromatic heterocycles. The van der Waals surface area contributed by atoms with Gasteiger partial charge in [-0.15, -0.1) is 0 Å². The van der Waals surface area contributed by atoms with Gasteiger partial charge in [0.15, 0.2) is 0 Å². The SMILES string of the molecule is CNC(=O)[C@@H](Cc1ccccc1)N(Cc1ccccc1C)C(=O)CN(c1cccc(Br)c1)S(=O)(=O)c1ccc(C)cc1. The first-order valence-corrected chi connectivity index (χ1v) is 15.8. The number of carbonyl (C=O) groups is 2. The van der Waals surface area contributed by atoms with Gasteiger partial charge in [-0.1, -0.05) is 94.3 Å². The van der Waals surface area contributed by atoms with E-state index in [-0.39, 0.29) is 23.8 Å². The van der Waals surface area contributed by atoms with Gasteiger partial charge in [-0.25, -0.2) is 8.42 Å². The maximum absolute atomic E-state index is 14.3. The maximum atomic E-state index is 14.3. The summed E-state index contributed by atoms with van der Waals surface area (Å²) >= 11 is 3.43. The van der Waals surface area contributed by atoms with Crippen LogP contribution in [0.15, 0.2) is 112 Å². The molecule has 7 nitrogen and oxygen atoms in total. The zero-order chi connectivity index (χ0) is 30.3. The quantitative estimate of drug-likeness (QED) is 0.228. The molecule has 4 aromatic rings. The number of carbonyl (C=O) groups excluding carboxylic acids is 2. The third-order valence-electron chi connectivity index (χ3n) is 7.10. The molecule has 42 heavy (non-hydrogen) atoms. The molecule has 0 aliphatic rings. The molecular weight excluding hydrogens is 614 g/mol. The van der Waals surface area contributed by atoms with Gasteiger partial charge in [-0.3, -0.25) is 13.9 Å². The van der Waals surface area contributed by atoms with Crippen molar-refractivity contribution >= 4 is 43.5 Å². The Morgan fingerprint density at radius 1 is 0.857 bits per heavy atom. The highest BCUT2D eigenvalue weighted by Gasteiger charge is 2.34. The Morgan fingerprint density at radius 3 is 2.17 bits per heavy atom. The van der Waals surface area contributed by atoms with E-state index >= 15 is 0 Å². The number of hydrogen-bond acceptors (Lipinski definition) is 4. The van der Waals surface area contributed by atoms with Crippen LogP contribution < -0.4 is 9.62 Å². The molecule has 9 heteroatoms. The largest absolute Gasteiger partial charge is 0.357 e. The minimum atomic E-state index is -4.14. The van der Waals surface area contributed by atoms with Crippen molar-refractivity contribution in [2.24, 2.45) is 0 Å². The van der Waals surface area contributed by atoms with Crippen LogP contribution in [0.2, 0.25) is 0 Å². The second-order valence-corrected chi connectivity index (χ2v) is 12.9. The van der Waals surface area contributed by atoms with Crippen molar-refractivity contribution in [1.82, 2.24) is 10.2 Å². The van der Waals surface area contributed by atoms with Crippen LogP contribution in [0.25, 0.3) is 0 Å². The Kier molecular flexibility index (Phi) is 10.2. The summed E-state index contributed by atoms with van der Waals surface area (Å²) in [6.07, 6.45) is 0.264. The molecule has 0 spiro atoms. The lowest BCUT2D eigenvalue weighted by Crippen LogP contribution is -2.53. The van der Waals surface area contributed by atoms with E-state index in [2.05, 4.69) is 21.2 Å². The third kappa shape index (κ3) is 7.46. The summed E-state index contributed by atoms with van der Waals surface area (Å²) in [7, 11) is -2.61. The molecule has 0 radical (unpaired) electrons. The predicted molar refractivity (Wildman–Crippen MR) is 170 cm³/mol. The molecule has 4 aromatic carbocycles. The van der Waals surface area contributed by atoms with E-state index in [1.165, 1.54) is 24.1 Å². The highest BCUT2D eigenvalue weighted by Crippen LogP contribution is 2.27. The summed E-state index contributed by atoms with van der Waals surface area (Å²) in [4.78, 5) is 29.2. The number of aryl methyl sites for hydroxylation is 2. The first kappa shape index (κ1) is 31.0. The Morgan fingerprint density at radius 2 is 1.52 bits per heavy atom. The van der Waals surface area contributed by atoms with E-state index in [0.29, 0.717) is 10.2 Å². The average Bonchev–Trinajstić information content (AvgIpc) is 2.98. The molecule has 0 fully saturated rings. The zero-order valence-electron chi connectivity index (χ0n) is 23.8. The molecule has 0 bridgehead atoms. The molecule has 1 N–H and O–H groups in total. The fraction of sp³-hybridized carbons (Fsp3) is 0.212. The van der Waals surface area contributed by atoms with Crippen molar-refractivity contribution in [1.29, 1.82) is 0 Å². The molecule has 4 rings (SSSR count). The van der Waals surface area contributed by atoms with E-state index in [0.717, 1.165) is 26.6 Å². The fourth-order valence-corrected chi connectivity index (χ4v) is 6.48. The monoisotopic (exact) mass is 647 g/mol. The molecule has 0 saturated carbocycles. The molecule has 1 atom stereocenters. The molecular formula is C33H34BrN3O4S. The van der Waals surface area contributed by atoms with E-state index < -0.39 is 28.5 Å². The molecule has 0 saturated heterocycles. The van der Waals surface area contributed by atoms with Gasteiger partial charge in [0.2, 0.25) is 11.8 Å². The summed E-state index contributed by atoms with van der Waals surface area (Å²) in [6.45, 7) is 3.45. The number of nitrogens with zero attached hydrogens (tertiary/aromatic N) is 2. The second-order valence-electron chi connectivity index (χ2n) is 10.1. The molecule has 0 aliphatic heterocycles. The lowest BCUT2D eigenvalue weighted by molar-refractivity contribution is -0.139. The van der Waals surface area contributed by atoms with E-state index in [1.807, 2.05) is 68.4 Å². The van der Waals surface area contributed by atoms with Gasteiger partial charge in [-0.05, 0) is 60.9 Å². The highest BCUT2D eigenvalue weighted by atomic mass is 79.9. The normalized spacial score (nSPS) is 11.9. The number of anilines is 1. The van der Waals surface area contributed by atoms with Crippen molar-refractivity contribution in [2.45, 2.75) is 37.8 Å². The smallest absolute Gasteiger partial charge is 0.264 e.